The number of aromatic nitrogens is 4. The van der Waals surface area contributed by atoms with E-state index in [2.05, 4.69) is 50.4 Å². The number of hydrogen-bond donors (Lipinski definition) is 1. The maximum atomic E-state index is 13.5. The predicted octanol–water partition coefficient (Wildman–Crippen LogP) is 4.90. The van der Waals surface area contributed by atoms with Gasteiger partial charge in [0.1, 0.15) is 16.5 Å². The Balaban J connectivity index is 1.39. The summed E-state index contributed by atoms with van der Waals surface area (Å²) in [5.41, 5.74) is 3.16. The monoisotopic (exact) mass is 716 g/mol. The van der Waals surface area contributed by atoms with Crippen LogP contribution in [0.25, 0.3) is 10.9 Å². The van der Waals surface area contributed by atoms with Gasteiger partial charge in [-0.25, -0.2) is 15.0 Å². The third kappa shape index (κ3) is 8.50. The van der Waals surface area contributed by atoms with Gasteiger partial charge in [-0.2, -0.15) is 0 Å². The topological polar surface area (TPSA) is 135 Å². The van der Waals surface area contributed by atoms with E-state index < -0.39 is 0 Å². The van der Waals surface area contributed by atoms with Crippen molar-refractivity contribution >= 4 is 39.9 Å². The number of rotatable bonds is 7. The van der Waals surface area contributed by atoms with Crippen molar-refractivity contribution in [3.05, 3.63) is 58.1 Å². The van der Waals surface area contributed by atoms with E-state index in [-0.39, 0.29) is 30.0 Å². The molecule has 1 N–H and O–H groups in total. The van der Waals surface area contributed by atoms with Gasteiger partial charge in [0.25, 0.3) is 5.91 Å². The van der Waals surface area contributed by atoms with Crippen LogP contribution in [0, 0.1) is 5.92 Å². The highest BCUT2D eigenvalue weighted by Crippen LogP contribution is 2.44. The van der Waals surface area contributed by atoms with Gasteiger partial charge in [-0.1, -0.05) is 13.8 Å². The second kappa shape index (κ2) is 16.6. The van der Waals surface area contributed by atoms with Gasteiger partial charge in [-0.15, -0.1) is 11.3 Å². The van der Waals surface area contributed by atoms with Crippen molar-refractivity contribution in [2.45, 2.75) is 58.5 Å². The number of thiazole rings is 1. The first-order valence-electron chi connectivity index (χ1n) is 17.6. The van der Waals surface area contributed by atoms with E-state index in [9.17, 15) is 9.59 Å². The molecule has 6 rings (SSSR count). The van der Waals surface area contributed by atoms with Crippen molar-refractivity contribution in [2.24, 2.45) is 5.92 Å². The fourth-order valence-electron chi connectivity index (χ4n) is 6.89. The first-order valence-corrected chi connectivity index (χ1v) is 18.5. The molecule has 2 amide bonds. The highest BCUT2D eigenvalue weighted by molar-refractivity contribution is 7.09. The fraction of sp³-hybridized carbons (Fsp3) is 0.514. The summed E-state index contributed by atoms with van der Waals surface area (Å²) >= 11 is 1.69. The van der Waals surface area contributed by atoms with Crippen molar-refractivity contribution in [1.82, 2.24) is 35.1 Å². The van der Waals surface area contributed by atoms with Crippen molar-refractivity contribution < 1.29 is 23.8 Å². The number of carbonyl (C=O) groups is 2. The molecule has 5 heterocycles. The number of carbonyl (C=O) groups excluding carboxylic acids is 2. The van der Waals surface area contributed by atoms with Crippen molar-refractivity contribution in [3.8, 4) is 17.2 Å². The Labute approximate surface area is 303 Å². The second-order valence-electron chi connectivity index (χ2n) is 13.5. The molecular weight excluding hydrogens is 669 g/mol. The summed E-state index contributed by atoms with van der Waals surface area (Å²) < 4.78 is 17.3. The first-order chi connectivity index (χ1) is 24.8. The first kappa shape index (κ1) is 36.2. The SMILES string of the molecule is COc1cc2nc3c(cc2c(OC)c1OC)CN(Cc1nc(C(C)C)cs1)CCCCN(C(=O)c1cnccn1)CC(=O)NCC1CCCN3C1. The summed E-state index contributed by atoms with van der Waals surface area (Å²) in [5.74, 6) is 2.67. The molecule has 1 aromatic carbocycles. The van der Waals surface area contributed by atoms with E-state index >= 15 is 0 Å². The molecule has 3 aromatic heterocycles. The number of pyridine rings is 1. The standard InChI is InChI=1S/C37H48N8O5S/c1-24(2)30-23-51-33(41-30)22-43-12-6-7-13-45(37(47)29-18-38-10-11-39-29)21-32(46)40-17-25-9-8-14-44(19-25)36-26(20-43)15-27-28(42-36)16-31(48-3)35(50-5)34(27)49-4/h10-11,15-16,18,23-25H,6-9,12-14,17,19-22H2,1-5H3,(H,40,46). The number of methoxy groups -OCH3 is 3. The van der Waals surface area contributed by atoms with Crippen LogP contribution in [-0.4, -0.2) is 102 Å². The van der Waals surface area contributed by atoms with Crippen LogP contribution < -0.4 is 24.4 Å². The molecule has 0 aliphatic carbocycles. The van der Waals surface area contributed by atoms with E-state index in [0.717, 1.165) is 71.9 Å². The van der Waals surface area contributed by atoms with Crippen LogP contribution in [0.1, 0.15) is 72.2 Å². The third-order valence-electron chi connectivity index (χ3n) is 9.56. The number of hydrogen-bond acceptors (Lipinski definition) is 12. The molecule has 1 fully saturated rings. The highest BCUT2D eigenvalue weighted by atomic mass is 32.1. The van der Waals surface area contributed by atoms with Gasteiger partial charge in [0, 0.05) is 67.5 Å². The fourth-order valence-corrected chi connectivity index (χ4v) is 7.89. The number of nitrogens with zero attached hydrogens (tertiary/aromatic N) is 7. The number of ether oxygens (including phenoxy) is 3. The maximum Gasteiger partial charge on any atom is 0.274 e. The van der Waals surface area contributed by atoms with Crippen molar-refractivity contribution in [2.75, 3.05) is 65.5 Å². The minimum atomic E-state index is -0.294. The molecule has 2 bridgehead atoms. The molecule has 1 saturated heterocycles. The Kier molecular flexibility index (Phi) is 11.8. The Hall–Kier alpha value is -4.56. The molecule has 1 atom stereocenters. The number of piperidine rings is 1. The second-order valence-corrected chi connectivity index (χ2v) is 14.4. The van der Waals surface area contributed by atoms with Crippen LogP contribution in [0.4, 0.5) is 5.82 Å². The average Bonchev–Trinajstić information content (AvgIpc) is 3.62. The Morgan fingerprint density at radius 2 is 1.82 bits per heavy atom. The predicted molar refractivity (Wildman–Crippen MR) is 197 cm³/mol. The van der Waals surface area contributed by atoms with Gasteiger partial charge in [-0.3, -0.25) is 19.5 Å². The normalized spacial score (nSPS) is 18.0. The van der Waals surface area contributed by atoms with Gasteiger partial charge >= 0.3 is 0 Å². The van der Waals surface area contributed by atoms with Crippen molar-refractivity contribution in [1.29, 1.82) is 0 Å². The molecule has 0 saturated carbocycles. The molecule has 1 unspecified atom stereocenters. The summed E-state index contributed by atoms with van der Waals surface area (Å²) in [5, 5.41) is 7.17. The number of nitrogens with one attached hydrogen (secondary N) is 1. The zero-order valence-corrected chi connectivity index (χ0v) is 31.0. The lowest BCUT2D eigenvalue weighted by molar-refractivity contribution is -0.122. The number of anilines is 1. The summed E-state index contributed by atoms with van der Waals surface area (Å²) in [6, 6.07) is 4.09. The zero-order chi connectivity index (χ0) is 35.9. The summed E-state index contributed by atoms with van der Waals surface area (Å²) in [4.78, 5) is 51.7. The molecule has 0 spiro atoms. The highest BCUT2D eigenvalue weighted by Gasteiger charge is 2.28. The summed E-state index contributed by atoms with van der Waals surface area (Å²) in [6.45, 7) is 8.87. The van der Waals surface area contributed by atoms with Gasteiger partial charge in [-0.05, 0) is 50.1 Å². The van der Waals surface area contributed by atoms with Gasteiger partial charge in [0.05, 0.1) is 51.8 Å². The van der Waals surface area contributed by atoms with Crippen LogP contribution in [0.5, 0.6) is 17.2 Å². The van der Waals surface area contributed by atoms with E-state index in [1.165, 1.54) is 18.6 Å². The number of amides is 2. The molecule has 14 heteroatoms. The Morgan fingerprint density at radius 3 is 2.55 bits per heavy atom. The molecule has 51 heavy (non-hydrogen) atoms. The molecule has 272 valence electrons. The van der Waals surface area contributed by atoms with E-state index in [4.69, 9.17) is 24.2 Å². The molecule has 4 aromatic rings. The average molecular weight is 717 g/mol. The maximum absolute atomic E-state index is 13.5. The van der Waals surface area contributed by atoms with Crippen LogP contribution in [0.2, 0.25) is 0 Å². The molecule has 2 aliphatic heterocycles. The van der Waals surface area contributed by atoms with E-state index in [1.54, 1.807) is 37.6 Å². The molecule has 13 nitrogen and oxygen atoms in total. The summed E-state index contributed by atoms with van der Waals surface area (Å²) in [7, 11) is 4.86. The Bertz CT molecular complexity index is 1820. The molecule has 2 aliphatic rings. The van der Waals surface area contributed by atoms with Crippen LogP contribution in [0.3, 0.4) is 0 Å². The van der Waals surface area contributed by atoms with Crippen LogP contribution in [0.15, 0.2) is 36.1 Å². The molecule has 0 radical (unpaired) electrons. The lowest BCUT2D eigenvalue weighted by Crippen LogP contribution is -2.45. The van der Waals surface area contributed by atoms with E-state index in [0.29, 0.717) is 55.8 Å². The lowest BCUT2D eigenvalue weighted by atomic mass is 9.97. The van der Waals surface area contributed by atoms with Crippen molar-refractivity contribution in [3.63, 3.8) is 0 Å². The number of benzene rings is 1. The molecular formula is C37H48N8O5S. The van der Waals surface area contributed by atoms with Crippen LogP contribution >= 0.6 is 11.3 Å². The summed E-state index contributed by atoms with van der Waals surface area (Å²) in [6.07, 6.45) is 7.93. The number of fused-ring (bicyclic) bond motifs is 5. The van der Waals surface area contributed by atoms with Crippen LogP contribution in [-0.2, 0) is 17.9 Å². The third-order valence-corrected chi connectivity index (χ3v) is 10.4. The van der Waals surface area contributed by atoms with Gasteiger partial charge in [0.15, 0.2) is 11.5 Å². The Morgan fingerprint density at radius 1 is 1.00 bits per heavy atom. The lowest BCUT2D eigenvalue weighted by Gasteiger charge is -2.36. The van der Waals surface area contributed by atoms with Gasteiger partial charge < -0.3 is 29.3 Å². The zero-order valence-electron chi connectivity index (χ0n) is 30.2. The minimum Gasteiger partial charge on any atom is -0.493 e. The minimum absolute atomic E-state index is 0.0316. The van der Waals surface area contributed by atoms with Gasteiger partial charge in [0.2, 0.25) is 11.7 Å². The largest absolute Gasteiger partial charge is 0.493 e. The smallest absolute Gasteiger partial charge is 0.274 e. The quantitative estimate of drug-likeness (QED) is 0.280. The van der Waals surface area contributed by atoms with E-state index in [1.807, 2.05) is 6.07 Å².